The molecule has 144 valence electrons. The number of ether oxygens (including phenoxy) is 2. The molecule has 1 aliphatic heterocycles. The van der Waals surface area contributed by atoms with Crippen LogP contribution in [0.4, 0.5) is 10.5 Å². The number of carbonyl (C=O) groups is 2. The van der Waals surface area contributed by atoms with Crippen LogP contribution >= 0.6 is 11.6 Å². The molecule has 26 heavy (non-hydrogen) atoms. The van der Waals surface area contributed by atoms with Gasteiger partial charge in [0.05, 0.1) is 18.7 Å². The highest BCUT2D eigenvalue weighted by molar-refractivity contribution is 6.31. The predicted molar refractivity (Wildman–Crippen MR) is 102 cm³/mol. The third kappa shape index (κ3) is 4.41. The summed E-state index contributed by atoms with van der Waals surface area (Å²) >= 11 is 6.22. The minimum absolute atomic E-state index is 0.148. The Kier molecular flexibility index (Phi) is 6.06. The highest BCUT2D eigenvalue weighted by Gasteiger charge is 2.37. The van der Waals surface area contributed by atoms with Crippen molar-refractivity contribution < 1.29 is 19.1 Å². The summed E-state index contributed by atoms with van der Waals surface area (Å²) in [5, 5.41) is 0.479. The number of carbonyl (C=O) groups excluding carboxylic acids is 2. The third-order valence-corrected chi connectivity index (χ3v) is 4.57. The first kappa shape index (κ1) is 20.4. The summed E-state index contributed by atoms with van der Waals surface area (Å²) in [4.78, 5) is 28.0. The lowest BCUT2D eigenvalue weighted by atomic mass is 10.0. The van der Waals surface area contributed by atoms with Gasteiger partial charge in [0.2, 0.25) is 0 Å². The molecule has 2 rings (SSSR count). The summed E-state index contributed by atoms with van der Waals surface area (Å²) in [5.74, 6) is -0.411. The Morgan fingerprint density at radius 3 is 2.42 bits per heavy atom. The van der Waals surface area contributed by atoms with E-state index in [-0.39, 0.29) is 12.1 Å². The third-order valence-electron chi connectivity index (χ3n) is 4.36. The number of amides is 1. The number of rotatable bonds is 4. The Balaban J connectivity index is 2.17. The fourth-order valence-electron chi connectivity index (χ4n) is 3.04. The number of likely N-dealkylation sites (tertiary alicyclic amines) is 1. The van der Waals surface area contributed by atoms with Gasteiger partial charge in [-0.2, -0.15) is 0 Å². The minimum atomic E-state index is -0.508. The maximum absolute atomic E-state index is 12.1. The van der Waals surface area contributed by atoms with Gasteiger partial charge >= 0.3 is 12.1 Å². The lowest BCUT2D eigenvalue weighted by Gasteiger charge is -2.46. The fourth-order valence-corrected chi connectivity index (χ4v) is 3.25. The highest BCUT2D eigenvalue weighted by atomic mass is 35.5. The summed E-state index contributed by atoms with van der Waals surface area (Å²) in [6.07, 6.45) is -0.303. The standard InChI is InChI=1S/C19H27ClN2O4/c1-7-22(14-10-21(11-14)18(24)26-19(3,4)5)16-9-13(20)8-15(12(16)2)17(23)25-6/h8-9,14H,7,10-11H2,1-6H3. The van der Waals surface area contributed by atoms with Crippen molar-refractivity contribution in [3.05, 3.63) is 28.3 Å². The van der Waals surface area contributed by atoms with Gasteiger partial charge in [0.1, 0.15) is 5.60 Å². The van der Waals surface area contributed by atoms with Crippen LogP contribution in [0.5, 0.6) is 0 Å². The molecule has 1 aromatic rings. The van der Waals surface area contributed by atoms with Gasteiger partial charge < -0.3 is 19.3 Å². The number of hydrogen-bond donors (Lipinski definition) is 0. The first-order valence-electron chi connectivity index (χ1n) is 8.70. The lowest BCUT2D eigenvalue weighted by molar-refractivity contribution is 0.00817. The van der Waals surface area contributed by atoms with Gasteiger partial charge in [-0.05, 0) is 52.3 Å². The Hall–Kier alpha value is -1.95. The average molecular weight is 383 g/mol. The van der Waals surface area contributed by atoms with Gasteiger partial charge in [-0.1, -0.05) is 11.6 Å². The summed E-state index contributed by atoms with van der Waals surface area (Å²) in [6, 6.07) is 3.62. The maximum Gasteiger partial charge on any atom is 0.410 e. The molecule has 1 aliphatic rings. The molecule has 0 spiro atoms. The van der Waals surface area contributed by atoms with E-state index in [1.807, 2.05) is 40.7 Å². The minimum Gasteiger partial charge on any atom is -0.465 e. The molecule has 0 atom stereocenters. The van der Waals surface area contributed by atoms with E-state index in [9.17, 15) is 9.59 Å². The molecular weight excluding hydrogens is 356 g/mol. The zero-order chi connectivity index (χ0) is 19.6. The predicted octanol–water partition coefficient (Wildman–Crippen LogP) is 3.88. The van der Waals surface area contributed by atoms with Crippen molar-refractivity contribution in [3.63, 3.8) is 0 Å². The highest BCUT2D eigenvalue weighted by Crippen LogP contribution is 2.32. The second-order valence-corrected chi connectivity index (χ2v) is 7.85. The first-order valence-corrected chi connectivity index (χ1v) is 9.08. The zero-order valence-corrected chi connectivity index (χ0v) is 17.0. The summed E-state index contributed by atoms with van der Waals surface area (Å²) in [6.45, 7) is 11.3. The van der Waals surface area contributed by atoms with Crippen molar-refractivity contribution in [3.8, 4) is 0 Å². The Labute approximate surface area is 160 Å². The molecule has 0 aliphatic carbocycles. The number of esters is 1. The molecule has 0 saturated carbocycles. The molecule has 1 fully saturated rings. The number of halogens is 1. The van der Waals surface area contributed by atoms with Crippen molar-refractivity contribution in [2.24, 2.45) is 0 Å². The molecule has 1 aromatic carbocycles. The molecule has 0 unspecified atom stereocenters. The number of benzene rings is 1. The van der Waals surface area contributed by atoms with Crippen LogP contribution in [0.15, 0.2) is 12.1 Å². The van der Waals surface area contributed by atoms with E-state index in [4.69, 9.17) is 21.1 Å². The number of likely N-dealkylation sites (N-methyl/N-ethyl adjacent to an activating group) is 1. The second kappa shape index (κ2) is 7.74. The molecule has 0 N–H and O–H groups in total. The van der Waals surface area contributed by atoms with E-state index < -0.39 is 11.6 Å². The van der Waals surface area contributed by atoms with Gasteiger partial charge in [0.25, 0.3) is 0 Å². The number of hydrogen-bond acceptors (Lipinski definition) is 5. The summed E-state index contributed by atoms with van der Waals surface area (Å²) in [5.41, 5.74) is 1.65. The average Bonchev–Trinajstić information content (AvgIpc) is 2.49. The van der Waals surface area contributed by atoms with Gasteiger partial charge in [0, 0.05) is 30.3 Å². The SMILES string of the molecule is CCN(c1cc(Cl)cc(C(=O)OC)c1C)C1CN(C(=O)OC(C)(C)C)C1. The molecule has 0 radical (unpaired) electrons. The number of nitrogens with zero attached hydrogens (tertiary/aromatic N) is 2. The lowest BCUT2D eigenvalue weighted by Crippen LogP contribution is -2.62. The van der Waals surface area contributed by atoms with Crippen LogP contribution in [0, 0.1) is 6.92 Å². The normalized spacial score (nSPS) is 14.7. The van der Waals surface area contributed by atoms with E-state index in [1.165, 1.54) is 7.11 Å². The van der Waals surface area contributed by atoms with Crippen molar-refractivity contribution in [1.82, 2.24) is 4.90 Å². The van der Waals surface area contributed by atoms with Crippen LogP contribution in [-0.4, -0.2) is 55.3 Å². The van der Waals surface area contributed by atoms with E-state index in [0.29, 0.717) is 23.7 Å². The van der Waals surface area contributed by atoms with Crippen LogP contribution in [0.2, 0.25) is 5.02 Å². The van der Waals surface area contributed by atoms with Crippen molar-refractivity contribution in [2.75, 3.05) is 31.6 Å². The largest absolute Gasteiger partial charge is 0.465 e. The molecule has 0 aromatic heterocycles. The Morgan fingerprint density at radius 1 is 1.31 bits per heavy atom. The molecule has 1 amide bonds. The summed E-state index contributed by atoms with van der Waals surface area (Å²) < 4.78 is 10.3. The van der Waals surface area contributed by atoms with Gasteiger partial charge in [-0.3, -0.25) is 0 Å². The smallest absolute Gasteiger partial charge is 0.410 e. The molecular formula is C19H27ClN2O4. The van der Waals surface area contributed by atoms with E-state index in [1.54, 1.807) is 11.0 Å². The molecule has 7 heteroatoms. The van der Waals surface area contributed by atoms with Crippen LogP contribution in [-0.2, 0) is 9.47 Å². The van der Waals surface area contributed by atoms with Gasteiger partial charge in [-0.15, -0.1) is 0 Å². The van der Waals surface area contributed by atoms with Crippen LogP contribution in [0.25, 0.3) is 0 Å². The van der Waals surface area contributed by atoms with E-state index in [2.05, 4.69) is 4.90 Å². The Bertz CT molecular complexity index is 694. The van der Waals surface area contributed by atoms with Gasteiger partial charge in [-0.25, -0.2) is 9.59 Å². The monoisotopic (exact) mass is 382 g/mol. The van der Waals surface area contributed by atoms with Crippen LogP contribution in [0.3, 0.4) is 0 Å². The first-order chi connectivity index (χ1) is 12.1. The molecule has 1 heterocycles. The van der Waals surface area contributed by atoms with Crippen LogP contribution < -0.4 is 4.90 Å². The molecule has 1 saturated heterocycles. The maximum atomic E-state index is 12.1. The molecule has 0 bridgehead atoms. The van der Waals surface area contributed by atoms with Crippen molar-refractivity contribution in [2.45, 2.75) is 46.3 Å². The fraction of sp³-hybridized carbons (Fsp3) is 0.579. The van der Waals surface area contributed by atoms with Crippen molar-refractivity contribution >= 4 is 29.4 Å². The Morgan fingerprint density at radius 2 is 1.92 bits per heavy atom. The number of methoxy groups -OCH3 is 1. The quantitative estimate of drug-likeness (QED) is 0.739. The second-order valence-electron chi connectivity index (χ2n) is 7.41. The molecule has 6 nitrogen and oxygen atoms in total. The topological polar surface area (TPSA) is 59.1 Å². The van der Waals surface area contributed by atoms with E-state index >= 15 is 0 Å². The summed E-state index contributed by atoms with van der Waals surface area (Å²) in [7, 11) is 1.35. The zero-order valence-electron chi connectivity index (χ0n) is 16.3. The van der Waals surface area contributed by atoms with Crippen LogP contribution in [0.1, 0.15) is 43.6 Å². The van der Waals surface area contributed by atoms with Crippen molar-refractivity contribution in [1.29, 1.82) is 0 Å². The number of anilines is 1. The van der Waals surface area contributed by atoms with Gasteiger partial charge in [0.15, 0.2) is 0 Å². The van der Waals surface area contributed by atoms with E-state index in [0.717, 1.165) is 17.8 Å².